The van der Waals surface area contributed by atoms with Gasteiger partial charge in [-0.2, -0.15) is 0 Å². The molecule has 0 amide bonds. The molecule has 0 spiro atoms. The third-order valence-corrected chi connectivity index (χ3v) is 1.95. The topological polar surface area (TPSA) is 26.3 Å². The van der Waals surface area contributed by atoms with E-state index in [2.05, 4.69) is 0 Å². The first-order chi connectivity index (χ1) is 7.54. The molecule has 1 rings (SSSR count). The normalized spacial score (nSPS) is 12.2. The first-order valence-electron chi connectivity index (χ1n) is 4.92. The maximum Gasteiger partial charge on any atom is 0.304 e. The molecule has 1 atom stereocenters. The Morgan fingerprint density at radius 3 is 2.44 bits per heavy atom. The van der Waals surface area contributed by atoms with E-state index in [-0.39, 0.29) is 12.2 Å². The highest BCUT2D eigenvalue weighted by molar-refractivity contribution is 6.23. The Bertz CT molecular complexity index is 362. The summed E-state index contributed by atoms with van der Waals surface area (Å²) in [6.45, 7) is 2.07. The Morgan fingerprint density at radius 2 is 1.94 bits per heavy atom. The second-order valence-electron chi connectivity index (χ2n) is 3.35. The Balaban J connectivity index is 2.79. The minimum atomic E-state index is -1.16. The van der Waals surface area contributed by atoms with Crippen molar-refractivity contribution in [3.8, 4) is 0 Å². The molecule has 1 unspecified atom stereocenters. The Hall–Kier alpha value is -1.39. The zero-order chi connectivity index (χ0) is 12.1. The standard InChI is InChI=1S/C11H11BF2O2/c1-2-3-16-11(15)10(12)7-4-8(13)6-9(14)5-7/h4-6,10H,2-3H2,1H3. The van der Waals surface area contributed by atoms with E-state index in [4.69, 9.17) is 12.6 Å². The van der Waals surface area contributed by atoms with Crippen LogP contribution in [0.1, 0.15) is 24.7 Å². The number of ether oxygens (including phenoxy) is 1. The minimum absolute atomic E-state index is 0.0682. The van der Waals surface area contributed by atoms with Crippen LogP contribution in [0, 0.1) is 11.6 Å². The number of carbonyl (C=O) groups excluding carboxylic acids is 1. The van der Waals surface area contributed by atoms with Crippen molar-refractivity contribution in [3.05, 3.63) is 35.4 Å². The van der Waals surface area contributed by atoms with Gasteiger partial charge in [0, 0.05) is 11.9 Å². The van der Waals surface area contributed by atoms with Crippen LogP contribution in [0.5, 0.6) is 0 Å². The van der Waals surface area contributed by atoms with Gasteiger partial charge in [-0.05, 0) is 24.1 Å². The van der Waals surface area contributed by atoms with Gasteiger partial charge in [-0.3, -0.25) is 4.79 Å². The Labute approximate surface area is 94.0 Å². The van der Waals surface area contributed by atoms with Crippen LogP contribution >= 0.6 is 0 Å². The average molecular weight is 224 g/mol. The van der Waals surface area contributed by atoms with E-state index in [0.717, 1.165) is 12.1 Å². The zero-order valence-electron chi connectivity index (χ0n) is 8.87. The molecule has 16 heavy (non-hydrogen) atoms. The second-order valence-corrected chi connectivity index (χ2v) is 3.35. The van der Waals surface area contributed by atoms with Crippen molar-refractivity contribution < 1.29 is 18.3 Å². The van der Waals surface area contributed by atoms with E-state index >= 15 is 0 Å². The molecular formula is C11H11BF2O2. The van der Waals surface area contributed by atoms with Gasteiger partial charge in [0.25, 0.3) is 0 Å². The first-order valence-corrected chi connectivity index (χ1v) is 4.92. The monoisotopic (exact) mass is 224 g/mol. The van der Waals surface area contributed by atoms with Crippen molar-refractivity contribution in [2.24, 2.45) is 0 Å². The molecule has 0 saturated heterocycles. The van der Waals surface area contributed by atoms with E-state index in [1.165, 1.54) is 0 Å². The number of halogens is 2. The molecule has 2 nitrogen and oxygen atoms in total. The fourth-order valence-corrected chi connectivity index (χ4v) is 1.18. The highest BCUT2D eigenvalue weighted by Crippen LogP contribution is 2.17. The summed E-state index contributed by atoms with van der Waals surface area (Å²) in [5.74, 6) is -3.38. The van der Waals surface area contributed by atoms with Crippen LogP contribution in [0.4, 0.5) is 8.78 Å². The smallest absolute Gasteiger partial charge is 0.304 e. The Morgan fingerprint density at radius 1 is 1.38 bits per heavy atom. The molecule has 2 radical (unpaired) electrons. The van der Waals surface area contributed by atoms with Crippen molar-refractivity contribution in [3.63, 3.8) is 0 Å². The lowest BCUT2D eigenvalue weighted by Gasteiger charge is -2.11. The van der Waals surface area contributed by atoms with Gasteiger partial charge >= 0.3 is 5.97 Å². The molecule has 0 N–H and O–H groups in total. The molecule has 0 aromatic heterocycles. The van der Waals surface area contributed by atoms with Crippen molar-refractivity contribution in [2.75, 3.05) is 6.61 Å². The number of hydrogen-bond donors (Lipinski definition) is 0. The van der Waals surface area contributed by atoms with Gasteiger partial charge in [-0.1, -0.05) is 6.92 Å². The van der Waals surface area contributed by atoms with Gasteiger partial charge in [-0.15, -0.1) is 0 Å². The summed E-state index contributed by atoms with van der Waals surface area (Å²) >= 11 is 0. The lowest BCUT2D eigenvalue weighted by molar-refractivity contribution is -0.143. The summed E-state index contributed by atoms with van der Waals surface area (Å²) in [5, 5.41) is 0. The molecule has 5 heteroatoms. The average Bonchev–Trinajstić information content (AvgIpc) is 2.23. The van der Waals surface area contributed by atoms with Crippen LogP contribution in [-0.4, -0.2) is 20.4 Å². The van der Waals surface area contributed by atoms with Crippen molar-refractivity contribution in [1.82, 2.24) is 0 Å². The number of benzene rings is 1. The first kappa shape index (κ1) is 12.7. The van der Waals surface area contributed by atoms with E-state index < -0.39 is 23.4 Å². The largest absolute Gasteiger partial charge is 0.466 e. The molecule has 0 bridgehead atoms. The third-order valence-electron chi connectivity index (χ3n) is 1.95. The summed E-state index contributed by atoms with van der Waals surface area (Å²) < 4.78 is 30.5. The lowest BCUT2D eigenvalue weighted by atomic mass is 9.81. The van der Waals surface area contributed by atoms with Crippen LogP contribution < -0.4 is 0 Å². The molecule has 1 aromatic carbocycles. The van der Waals surface area contributed by atoms with Gasteiger partial charge in [0.2, 0.25) is 0 Å². The van der Waals surface area contributed by atoms with Crippen molar-refractivity contribution in [1.29, 1.82) is 0 Å². The predicted molar refractivity (Wildman–Crippen MR) is 56.1 cm³/mol. The SMILES string of the molecule is [B]C(C(=O)OCCC)c1cc(F)cc(F)c1. The van der Waals surface area contributed by atoms with Crippen LogP contribution in [0.15, 0.2) is 18.2 Å². The summed E-state index contributed by atoms with van der Waals surface area (Å²) in [6, 6.07) is 2.75. The molecule has 0 aliphatic carbocycles. The van der Waals surface area contributed by atoms with E-state index in [9.17, 15) is 13.6 Å². The van der Waals surface area contributed by atoms with Gasteiger partial charge in [0.15, 0.2) is 0 Å². The van der Waals surface area contributed by atoms with E-state index in [0.29, 0.717) is 12.5 Å². The highest BCUT2D eigenvalue weighted by atomic mass is 19.1. The van der Waals surface area contributed by atoms with Gasteiger partial charge < -0.3 is 4.74 Å². The van der Waals surface area contributed by atoms with Crippen LogP contribution in [0.3, 0.4) is 0 Å². The molecule has 0 saturated carbocycles. The number of carbonyl (C=O) groups is 1. The Kier molecular flexibility index (Phi) is 4.46. The summed E-state index contributed by atoms with van der Waals surface area (Å²) in [5.41, 5.74) is 0.0682. The summed E-state index contributed by atoms with van der Waals surface area (Å²) in [7, 11) is 5.51. The fraction of sp³-hybridized carbons (Fsp3) is 0.364. The fourth-order valence-electron chi connectivity index (χ4n) is 1.18. The van der Waals surface area contributed by atoms with Crippen molar-refractivity contribution in [2.45, 2.75) is 19.2 Å². The molecule has 0 fully saturated rings. The molecule has 0 heterocycles. The maximum atomic E-state index is 12.9. The molecular weight excluding hydrogens is 213 g/mol. The molecule has 1 aromatic rings. The summed E-state index contributed by atoms with van der Waals surface area (Å²) in [4.78, 5) is 11.3. The highest BCUT2D eigenvalue weighted by Gasteiger charge is 2.17. The van der Waals surface area contributed by atoms with Crippen LogP contribution in [0.25, 0.3) is 0 Å². The number of rotatable bonds is 4. The quantitative estimate of drug-likeness (QED) is 0.578. The van der Waals surface area contributed by atoms with Gasteiger partial charge in [0.05, 0.1) is 14.5 Å². The van der Waals surface area contributed by atoms with E-state index in [1.807, 2.05) is 6.92 Å². The summed E-state index contributed by atoms with van der Waals surface area (Å²) in [6.07, 6.45) is 0.663. The molecule has 0 aliphatic heterocycles. The molecule has 84 valence electrons. The third kappa shape index (κ3) is 3.33. The van der Waals surface area contributed by atoms with Crippen molar-refractivity contribution >= 4 is 13.8 Å². The maximum absolute atomic E-state index is 12.9. The van der Waals surface area contributed by atoms with Crippen LogP contribution in [-0.2, 0) is 9.53 Å². The number of hydrogen-bond acceptors (Lipinski definition) is 2. The minimum Gasteiger partial charge on any atom is -0.466 e. The van der Waals surface area contributed by atoms with Crippen LogP contribution in [0.2, 0.25) is 0 Å². The number of esters is 1. The van der Waals surface area contributed by atoms with E-state index in [1.54, 1.807) is 0 Å². The zero-order valence-corrected chi connectivity index (χ0v) is 8.87. The second kappa shape index (κ2) is 5.63. The lowest BCUT2D eigenvalue weighted by Crippen LogP contribution is -2.17. The molecule has 0 aliphatic rings. The van der Waals surface area contributed by atoms with Gasteiger partial charge in [0.1, 0.15) is 11.6 Å². The van der Waals surface area contributed by atoms with Gasteiger partial charge in [-0.25, -0.2) is 8.78 Å². The predicted octanol–water partition coefficient (Wildman–Crippen LogP) is 2.13.